The lowest BCUT2D eigenvalue weighted by Gasteiger charge is -2.19. The highest BCUT2D eigenvalue weighted by Gasteiger charge is 2.41. The molecule has 1 nitrogen and oxygen atoms in total. The zero-order chi connectivity index (χ0) is 11.6. The number of alkyl halides is 4. The molecule has 1 rings (SSSR count). The van der Waals surface area contributed by atoms with Gasteiger partial charge in [0, 0.05) is 0 Å². The molecule has 0 spiro atoms. The molecule has 1 aromatic carbocycles. The average molecular weight is 296 g/mol. The van der Waals surface area contributed by atoms with Crippen LogP contribution in [0.4, 0.5) is 8.78 Å². The van der Waals surface area contributed by atoms with Gasteiger partial charge >= 0.3 is 6.11 Å². The Morgan fingerprint density at radius 1 is 1.13 bits per heavy atom. The van der Waals surface area contributed by atoms with Crippen LogP contribution in [0.1, 0.15) is 0 Å². The number of halogens is 6. The largest absolute Gasteiger partial charge is 0.428 e. The fraction of sp³-hybridized carbons (Fsp3) is 0.250. The van der Waals surface area contributed by atoms with Gasteiger partial charge in [-0.3, -0.25) is 0 Å². The van der Waals surface area contributed by atoms with Crippen LogP contribution in [-0.2, 0) is 0 Å². The van der Waals surface area contributed by atoms with E-state index < -0.39 is 10.9 Å². The maximum absolute atomic E-state index is 13.0. The number of hydrogen-bond donors (Lipinski definition) is 0. The third-order valence-corrected chi connectivity index (χ3v) is 2.51. The van der Waals surface area contributed by atoms with Gasteiger partial charge in [0.2, 0.25) is 4.84 Å². The van der Waals surface area contributed by atoms with Gasteiger partial charge in [-0.05, 0) is 12.1 Å². The summed E-state index contributed by atoms with van der Waals surface area (Å²) in [6, 6.07) is 4.21. The summed E-state index contributed by atoms with van der Waals surface area (Å²) in [5, 5.41) is -0.0904. The van der Waals surface area contributed by atoms with Crippen molar-refractivity contribution in [2.75, 3.05) is 0 Å². The first-order valence-electron chi connectivity index (χ1n) is 3.63. The molecule has 1 aromatic rings. The molecule has 15 heavy (non-hydrogen) atoms. The Morgan fingerprint density at radius 3 is 2.00 bits per heavy atom. The third-order valence-electron chi connectivity index (χ3n) is 1.41. The first kappa shape index (κ1) is 13.1. The summed E-state index contributed by atoms with van der Waals surface area (Å²) >= 11 is 21.3. The van der Waals surface area contributed by atoms with Crippen LogP contribution in [0.3, 0.4) is 0 Å². The van der Waals surface area contributed by atoms with Crippen LogP contribution in [-0.4, -0.2) is 10.9 Å². The lowest BCUT2D eigenvalue weighted by molar-refractivity contribution is -0.163. The number of para-hydroxylation sites is 1. The second kappa shape index (κ2) is 4.91. The summed E-state index contributed by atoms with van der Waals surface area (Å²) in [5.41, 5.74) is 0. The third kappa shape index (κ3) is 3.25. The molecule has 0 radical (unpaired) electrons. The molecule has 7 heteroatoms. The summed E-state index contributed by atoms with van der Waals surface area (Å²) in [6.45, 7) is 0. The van der Waals surface area contributed by atoms with Crippen molar-refractivity contribution in [1.29, 1.82) is 0 Å². The summed E-state index contributed by atoms with van der Waals surface area (Å²) in [5.74, 6) is -0.350. The predicted octanol–water partition coefficient (Wildman–Crippen LogP) is 4.77. The number of rotatable bonds is 3. The van der Waals surface area contributed by atoms with Crippen LogP contribution in [0, 0.1) is 0 Å². The Kier molecular flexibility index (Phi) is 4.29. The smallest absolute Gasteiger partial charge is 0.427 e. The minimum Gasteiger partial charge on any atom is -0.427 e. The van der Waals surface area contributed by atoms with E-state index >= 15 is 0 Å². The molecule has 0 amide bonds. The molecule has 0 saturated carbocycles. The molecular weight excluding hydrogens is 292 g/mol. The summed E-state index contributed by atoms with van der Waals surface area (Å²) in [6.07, 6.45) is -3.75. The Bertz CT molecular complexity index is 336. The highest BCUT2D eigenvalue weighted by atomic mass is 35.5. The predicted molar refractivity (Wildman–Crippen MR) is 57.5 cm³/mol. The van der Waals surface area contributed by atoms with E-state index in [4.69, 9.17) is 46.4 Å². The Balaban J connectivity index is 2.99. The number of benzene rings is 1. The van der Waals surface area contributed by atoms with Crippen molar-refractivity contribution in [1.82, 2.24) is 0 Å². The van der Waals surface area contributed by atoms with Gasteiger partial charge in [-0.25, -0.2) is 0 Å². The average Bonchev–Trinajstić information content (AvgIpc) is 2.11. The first-order valence-corrected chi connectivity index (χ1v) is 5.26. The van der Waals surface area contributed by atoms with Crippen molar-refractivity contribution < 1.29 is 13.5 Å². The minimum absolute atomic E-state index is 0.0452. The molecule has 0 fully saturated rings. The fourth-order valence-electron chi connectivity index (χ4n) is 0.761. The zero-order valence-corrected chi connectivity index (χ0v) is 10.0. The van der Waals surface area contributed by atoms with Crippen molar-refractivity contribution in [2.24, 2.45) is 0 Å². The van der Waals surface area contributed by atoms with Gasteiger partial charge in [0.15, 0.2) is 5.75 Å². The van der Waals surface area contributed by atoms with E-state index in [1.807, 2.05) is 0 Å². The quantitative estimate of drug-likeness (QED) is 0.730. The van der Waals surface area contributed by atoms with Crippen LogP contribution in [0.5, 0.6) is 5.75 Å². The van der Waals surface area contributed by atoms with E-state index in [0.717, 1.165) is 0 Å². The van der Waals surface area contributed by atoms with Crippen molar-refractivity contribution in [2.45, 2.75) is 10.9 Å². The summed E-state index contributed by atoms with van der Waals surface area (Å²) in [4.78, 5) is -2.01. The topological polar surface area (TPSA) is 9.23 Å². The van der Waals surface area contributed by atoms with Gasteiger partial charge in [0.25, 0.3) is 0 Å². The van der Waals surface area contributed by atoms with E-state index in [2.05, 4.69) is 4.74 Å². The van der Waals surface area contributed by atoms with Crippen LogP contribution >= 0.6 is 46.4 Å². The standard InChI is InChI=1S/C8H4Cl4F2O/c9-4-2-1-3-5(10)6(4)15-8(13,14)7(11)12/h1-3,7H. The Morgan fingerprint density at radius 2 is 1.60 bits per heavy atom. The zero-order valence-electron chi connectivity index (χ0n) is 6.99. The second-order valence-corrected chi connectivity index (χ2v) is 4.43. The summed E-state index contributed by atoms with van der Waals surface area (Å²) in [7, 11) is 0. The van der Waals surface area contributed by atoms with Gasteiger partial charge in [0.1, 0.15) is 0 Å². The van der Waals surface area contributed by atoms with Crippen molar-refractivity contribution in [3.05, 3.63) is 28.2 Å². The monoisotopic (exact) mass is 294 g/mol. The summed E-state index contributed by atoms with van der Waals surface area (Å²) < 4.78 is 30.2. The van der Waals surface area contributed by atoms with Crippen molar-refractivity contribution in [3.63, 3.8) is 0 Å². The number of hydrogen-bond acceptors (Lipinski definition) is 1. The van der Waals surface area contributed by atoms with Crippen LogP contribution in [0.25, 0.3) is 0 Å². The van der Waals surface area contributed by atoms with E-state index in [1.54, 1.807) is 0 Å². The van der Waals surface area contributed by atoms with E-state index in [9.17, 15) is 8.78 Å². The van der Waals surface area contributed by atoms with E-state index in [1.165, 1.54) is 18.2 Å². The van der Waals surface area contributed by atoms with Gasteiger partial charge < -0.3 is 4.74 Å². The molecule has 0 aliphatic heterocycles. The van der Waals surface area contributed by atoms with Crippen LogP contribution < -0.4 is 4.74 Å². The van der Waals surface area contributed by atoms with Gasteiger partial charge in [-0.2, -0.15) is 8.78 Å². The first-order chi connectivity index (χ1) is 6.84. The maximum Gasteiger partial charge on any atom is 0.428 e. The SMILES string of the molecule is FC(F)(Oc1c(Cl)cccc1Cl)C(Cl)Cl. The van der Waals surface area contributed by atoms with Crippen LogP contribution in [0.2, 0.25) is 10.0 Å². The Hall–Kier alpha value is 0.0400. The molecule has 0 aliphatic carbocycles. The van der Waals surface area contributed by atoms with Gasteiger partial charge in [-0.1, -0.05) is 52.5 Å². The second-order valence-electron chi connectivity index (χ2n) is 2.52. The van der Waals surface area contributed by atoms with Crippen LogP contribution in [0.15, 0.2) is 18.2 Å². The normalized spacial score (nSPS) is 11.9. The molecular formula is C8H4Cl4F2O. The van der Waals surface area contributed by atoms with Crippen molar-refractivity contribution in [3.8, 4) is 5.75 Å². The Labute approximate surface area is 105 Å². The molecule has 84 valence electrons. The lowest BCUT2D eigenvalue weighted by atomic mass is 10.3. The molecule has 0 bridgehead atoms. The van der Waals surface area contributed by atoms with E-state index in [0.29, 0.717) is 0 Å². The minimum atomic E-state index is -3.75. The molecule has 0 N–H and O–H groups in total. The maximum atomic E-state index is 13.0. The van der Waals surface area contributed by atoms with Gasteiger partial charge in [0.05, 0.1) is 10.0 Å². The lowest BCUT2D eigenvalue weighted by Crippen LogP contribution is -2.32. The molecule has 0 saturated heterocycles. The van der Waals surface area contributed by atoms with E-state index in [-0.39, 0.29) is 15.8 Å². The highest BCUT2D eigenvalue weighted by molar-refractivity contribution is 6.45. The van der Waals surface area contributed by atoms with Crippen molar-refractivity contribution >= 4 is 46.4 Å². The van der Waals surface area contributed by atoms with Gasteiger partial charge in [-0.15, -0.1) is 0 Å². The molecule has 0 unspecified atom stereocenters. The molecule has 0 heterocycles. The fourth-order valence-corrected chi connectivity index (χ4v) is 1.32. The molecule has 0 aromatic heterocycles. The number of ether oxygens (including phenoxy) is 1. The molecule has 0 atom stereocenters. The highest BCUT2D eigenvalue weighted by Crippen LogP contribution is 2.38. The molecule has 0 aliphatic rings.